The predicted octanol–water partition coefficient (Wildman–Crippen LogP) is -0.153. The van der Waals surface area contributed by atoms with Crippen LogP contribution in [-0.2, 0) is 10.0 Å². The molecule has 0 aliphatic carbocycles. The quantitative estimate of drug-likeness (QED) is 0.751. The fourth-order valence-electron chi connectivity index (χ4n) is 1.58. The Morgan fingerprint density at radius 3 is 2.88 bits per heavy atom. The van der Waals surface area contributed by atoms with Crippen LogP contribution in [0.4, 0.5) is 0 Å². The minimum atomic E-state index is -3.58. The van der Waals surface area contributed by atoms with Crippen molar-refractivity contribution in [3.05, 3.63) is 18.0 Å². The average molecular weight is 279 g/mol. The van der Waals surface area contributed by atoms with E-state index in [1.807, 2.05) is 0 Å². The summed E-state index contributed by atoms with van der Waals surface area (Å²) in [6.07, 6.45) is 2.24. The van der Waals surface area contributed by atoms with Gasteiger partial charge in [-0.2, -0.15) is 0 Å². The van der Waals surface area contributed by atoms with Gasteiger partial charge in [0, 0.05) is 24.5 Å². The number of halogens is 1. The monoisotopic (exact) mass is 278 g/mol. The zero-order chi connectivity index (χ0) is 11.6. The molecule has 8 heteroatoms. The van der Waals surface area contributed by atoms with Gasteiger partial charge in [0.15, 0.2) is 0 Å². The average Bonchev–Trinajstić information content (AvgIpc) is 2.70. The summed E-state index contributed by atoms with van der Waals surface area (Å²) in [5, 5.41) is 2.94. The zero-order valence-corrected chi connectivity index (χ0v) is 11.0. The van der Waals surface area contributed by atoms with Crippen LogP contribution in [-0.4, -0.2) is 37.5 Å². The molecule has 1 fully saturated rings. The Morgan fingerprint density at radius 2 is 2.29 bits per heavy atom. The first-order valence-electron chi connectivity index (χ1n) is 5.10. The minimum absolute atomic E-state index is 0. The van der Waals surface area contributed by atoms with Gasteiger partial charge in [-0.25, -0.2) is 23.1 Å². The number of hydrogen-bond donors (Lipinski definition) is 2. The van der Waals surface area contributed by atoms with Gasteiger partial charge >= 0.3 is 0 Å². The Kier molecular flexibility index (Phi) is 4.81. The fraction of sp³-hybridized carbons (Fsp3) is 0.556. The van der Waals surface area contributed by atoms with Gasteiger partial charge in [0.1, 0.15) is 0 Å². The molecular formula is C9H15ClN4O2S. The van der Waals surface area contributed by atoms with Gasteiger partial charge in [0.2, 0.25) is 0 Å². The van der Waals surface area contributed by atoms with Crippen LogP contribution < -0.4 is 10.0 Å². The first-order chi connectivity index (χ1) is 7.58. The maximum atomic E-state index is 11.9. The first-order valence-corrected chi connectivity index (χ1v) is 6.59. The highest BCUT2D eigenvalue weighted by atomic mass is 35.5. The van der Waals surface area contributed by atoms with Gasteiger partial charge in [0.05, 0.1) is 0 Å². The number of aromatic nitrogens is 2. The number of rotatable bonds is 3. The summed E-state index contributed by atoms with van der Waals surface area (Å²) in [5.41, 5.74) is 0.639. The van der Waals surface area contributed by atoms with Gasteiger partial charge in [-0.15, -0.1) is 12.4 Å². The molecule has 1 aromatic heterocycles. The van der Waals surface area contributed by atoms with Crippen LogP contribution in [0.25, 0.3) is 0 Å². The molecule has 17 heavy (non-hydrogen) atoms. The lowest BCUT2D eigenvalue weighted by Gasteiger charge is -2.10. The number of nitrogens with zero attached hydrogens (tertiary/aromatic N) is 2. The molecule has 2 N–H and O–H groups in total. The van der Waals surface area contributed by atoms with Crippen molar-refractivity contribution in [2.75, 3.05) is 13.1 Å². The molecule has 0 amide bonds. The SMILES string of the molecule is Cc1ccnc(S(=O)(=O)NC2CCNC2)n1.Cl. The second-order valence-electron chi connectivity index (χ2n) is 3.79. The molecule has 6 nitrogen and oxygen atoms in total. The summed E-state index contributed by atoms with van der Waals surface area (Å²) < 4.78 is 26.3. The Morgan fingerprint density at radius 1 is 1.53 bits per heavy atom. The Balaban J connectivity index is 0.00000144. The molecular weight excluding hydrogens is 264 g/mol. The van der Waals surface area contributed by atoms with Crippen molar-refractivity contribution in [1.29, 1.82) is 0 Å². The number of aryl methyl sites for hydroxylation is 1. The molecule has 96 valence electrons. The van der Waals surface area contributed by atoms with Crippen molar-refractivity contribution in [2.24, 2.45) is 0 Å². The van der Waals surface area contributed by atoms with Crippen LogP contribution in [0.2, 0.25) is 0 Å². The minimum Gasteiger partial charge on any atom is -0.315 e. The summed E-state index contributed by atoms with van der Waals surface area (Å²) in [6, 6.07) is 1.60. The third-order valence-corrected chi connectivity index (χ3v) is 3.72. The van der Waals surface area contributed by atoms with Crippen molar-refractivity contribution >= 4 is 22.4 Å². The number of nitrogens with one attached hydrogen (secondary N) is 2. The van der Waals surface area contributed by atoms with E-state index >= 15 is 0 Å². The van der Waals surface area contributed by atoms with Crippen molar-refractivity contribution < 1.29 is 8.42 Å². The molecule has 1 aliphatic rings. The summed E-state index contributed by atoms with van der Waals surface area (Å²) >= 11 is 0. The van der Waals surface area contributed by atoms with Crippen LogP contribution in [0, 0.1) is 6.92 Å². The molecule has 0 bridgehead atoms. The number of sulfonamides is 1. The van der Waals surface area contributed by atoms with Crippen LogP contribution in [0.15, 0.2) is 17.4 Å². The molecule has 2 rings (SSSR count). The molecule has 0 aromatic carbocycles. The highest BCUT2D eigenvalue weighted by Crippen LogP contribution is 2.06. The highest BCUT2D eigenvalue weighted by Gasteiger charge is 2.24. The Hall–Kier alpha value is -0.760. The van der Waals surface area contributed by atoms with E-state index in [-0.39, 0.29) is 23.6 Å². The van der Waals surface area contributed by atoms with E-state index in [4.69, 9.17) is 0 Å². The van der Waals surface area contributed by atoms with Gasteiger partial charge in [0.25, 0.3) is 15.2 Å². The van der Waals surface area contributed by atoms with Gasteiger partial charge < -0.3 is 5.32 Å². The predicted molar refractivity (Wildman–Crippen MR) is 65.6 cm³/mol. The standard InChI is InChI=1S/C9H14N4O2S.ClH/c1-7-2-5-11-9(12-7)16(14,15)13-8-3-4-10-6-8;/h2,5,8,10,13H,3-4,6H2,1H3;1H. The highest BCUT2D eigenvalue weighted by molar-refractivity contribution is 7.89. The molecule has 1 atom stereocenters. The zero-order valence-electron chi connectivity index (χ0n) is 9.38. The number of hydrogen-bond acceptors (Lipinski definition) is 5. The van der Waals surface area contributed by atoms with E-state index in [2.05, 4.69) is 20.0 Å². The molecule has 2 heterocycles. The molecule has 1 aliphatic heterocycles. The van der Waals surface area contributed by atoms with Crippen LogP contribution in [0.1, 0.15) is 12.1 Å². The van der Waals surface area contributed by atoms with Crippen molar-refractivity contribution in [3.8, 4) is 0 Å². The molecule has 1 saturated heterocycles. The smallest absolute Gasteiger partial charge is 0.276 e. The maximum Gasteiger partial charge on any atom is 0.276 e. The lowest BCUT2D eigenvalue weighted by molar-refractivity contribution is 0.551. The molecule has 0 spiro atoms. The van der Waals surface area contributed by atoms with Crippen LogP contribution in [0.5, 0.6) is 0 Å². The van der Waals surface area contributed by atoms with Gasteiger partial charge in [-0.1, -0.05) is 0 Å². The van der Waals surface area contributed by atoms with E-state index in [9.17, 15) is 8.42 Å². The van der Waals surface area contributed by atoms with Gasteiger partial charge in [-0.05, 0) is 26.0 Å². The molecule has 1 unspecified atom stereocenters. The molecule has 1 aromatic rings. The van der Waals surface area contributed by atoms with Crippen LogP contribution >= 0.6 is 12.4 Å². The second kappa shape index (κ2) is 5.72. The summed E-state index contributed by atoms with van der Waals surface area (Å²) in [5.74, 6) is 0. The molecule has 0 saturated carbocycles. The maximum absolute atomic E-state index is 11.9. The van der Waals surface area contributed by atoms with E-state index in [1.165, 1.54) is 6.20 Å². The fourth-order valence-corrected chi connectivity index (χ4v) is 2.79. The largest absolute Gasteiger partial charge is 0.315 e. The summed E-state index contributed by atoms with van der Waals surface area (Å²) in [7, 11) is -3.58. The lowest BCUT2D eigenvalue weighted by Crippen LogP contribution is -2.37. The topological polar surface area (TPSA) is 84.0 Å². The van der Waals surface area contributed by atoms with Gasteiger partial charge in [-0.3, -0.25) is 0 Å². The van der Waals surface area contributed by atoms with E-state index in [0.29, 0.717) is 12.2 Å². The van der Waals surface area contributed by atoms with E-state index < -0.39 is 10.0 Å². The summed E-state index contributed by atoms with van der Waals surface area (Å²) in [4.78, 5) is 7.68. The Bertz CT molecular complexity index is 474. The first kappa shape index (κ1) is 14.3. The lowest BCUT2D eigenvalue weighted by atomic mass is 10.3. The third kappa shape index (κ3) is 3.60. The second-order valence-corrected chi connectivity index (χ2v) is 5.40. The van der Waals surface area contributed by atoms with E-state index in [1.54, 1.807) is 13.0 Å². The van der Waals surface area contributed by atoms with Crippen molar-refractivity contribution in [1.82, 2.24) is 20.0 Å². The van der Waals surface area contributed by atoms with Crippen LogP contribution in [0.3, 0.4) is 0 Å². The Labute approximate surface area is 107 Å². The van der Waals surface area contributed by atoms with Crippen molar-refractivity contribution in [3.63, 3.8) is 0 Å². The summed E-state index contributed by atoms with van der Waals surface area (Å²) in [6.45, 7) is 3.23. The normalized spacial score (nSPS) is 19.9. The van der Waals surface area contributed by atoms with Crippen molar-refractivity contribution in [2.45, 2.75) is 24.5 Å². The van der Waals surface area contributed by atoms with E-state index in [0.717, 1.165) is 13.0 Å². The third-order valence-electron chi connectivity index (χ3n) is 2.40. The molecule has 0 radical (unpaired) electrons.